The van der Waals surface area contributed by atoms with Gasteiger partial charge in [-0.05, 0) is 51.3 Å². The van der Waals surface area contributed by atoms with E-state index in [1.165, 1.54) is 0 Å². The lowest BCUT2D eigenvalue weighted by Crippen LogP contribution is -2.43. The molecule has 0 aliphatic carbocycles. The van der Waals surface area contributed by atoms with Gasteiger partial charge >= 0.3 is 0 Å². The van der Waals surface area contributed by atoms with Crippen LogP contribution in [0.15, 0.2) is 18.2 Å². The predicted molar refractivity (Wildman–Crippen MR) is 104 cm³/mol. The molecule has 2 rings (SSSR count). The van der Waals surface area contributed by atoms with Crippen molar-refractivity contribution < 1.29 is 19.0 Å². The summed E-state index contributed by atoms with van der Waals surface area (Å²) in [5, 5.41) is 6.27. The van der Waals surface area contributed by atoms with Crippen LogP contribution in [-0.2, 0) is 16.1 Å². The molecular formula is C19H31ClN2O4. The zero-order chi connectivity index (χ0) is 18.3. The summed E-state index contributed by atoms with van der Waals surface area (Å²) in [6, 6.07) is 5.74. The minimum absolute atomic E-state index is 0. The molecule has 1 aromatic rings. The summed E-state index contributed by atoms with van der Waals surface area (Å²) in [7, 11) is 1.60. The Morgan fingerprint density at radius 1 is 1.31 bits per heavy atom. The van der Waals surface area contributed by atoms with Gasteiger partial charge in [0.2, 0.25) is 0 Å². The Labute approximate surface area is 162 Å². The highest BCUT2D eigenvalue weighted by Gasteiger charge is 2.16. The number of ether oxygens (including phenoxy) is 3. The fraction of sp³-hybridized carbons (Fsp3) is 0.632. The fourth-order valence-corrected chi connectivity index (χ4v) is 2.72. The van der Waals surface area contributed by atoms with Crippen LogP contribution in [0.2, 0.25) is 0 Å². The third kappa shape index (κ3) is 7.81. The fourth-order valence-electron chi connectivity index (χ4n) is 2.72. The number of rotatable bonds is 8. The largest absolute Gasteiger partial charge is 0.493 e. The van der Waals surface area contributed by atoms with Crippen molar-refractivity contribution in [2.75, 3.05) is 26.9 Å². The molecule has 0 spiro atoms. The maximum atomic E-state index is 11.9. The Kier molecular flexibility index (Phi) is 9.19. The molecule has 0 aromatic heterocycles. The van der Waals surface area contributed by atoms with Crippen molar-refractivity contribution in [2.24, 2.45) is 0 Å². The van der Waals surface area contributed by atoms with Crippen LogP contribution in [-0.4, -0.2) is 44.4 Å². The number of halogens is 1. The first kappa shape index (κ1) is 22.5. The molecule has 6 nitrogen and oxygen atoms in total. The zero-order valence-corrected chi connectivity index (χ0v) is 16.9. The van der Waals surface area contributed by atoms with Crippen molar-refractivity contribution in [1.82, 2.24) is 10.6 Å². The monoisotopic (exact) mass is 386 g/mol. The van der Waals surface area contributed by atoms with Gasteiger partial charge in [0.15, 0.2) is 18.1 Å². The molecule has 1 aliphatic heterocycles. The highest BCUT2D eigenvalue weighted by molar-refractivity contribution is 5.85. The second-order valence-corrected chi connectivity index (χ2v) is 7.34. The Morgan fingerprint density at radius 3 is 2.69 bits per heavy atom. The van der Waals surface area contributed by atoms with E-state index in [0.717, 1.165) is 38.1 Å². The van der Waals surface area contributed by atoms with Gasteiger partial charge in [0.1, 0.15) is 0 Å². The molecule has 1 amide bonds. The molecule has 1 heterocycles. The first-order valence-electron chi connectivity index (χ1n) is 8.80. The van der Waals surface area contributed by atoms with E-state index in [1.807, 2.05) is 39.0 Å². The number of amides is 1. The maximum Gasteiger partial charge on any atom is 0.258 e. The summed E-state index contributed by atoms with van der Waals surface area (Å²) in [4.78, 5) is 11.9. The smallest absolute Gasteiger partial charge is 0.258 e. The second-order valence-electron chi connectivity index (χ2n) is 7.34. The average Bonchev–Trinajstić information content (AvgIpc) is 3.05. The van der Waals surface area contributed by atoms with Crippen LogP contribution in [0.1, 0.15) is 39.2 Å². The third-order valence-electron chi connectivity index (χ3n) is 3.83. The lowest BCUT2D eigenvalue weighted by Gasteiger charge is -2.20. The van der Waals surface area contributed by atoms with Gasteiger partial charge in [-0.3, -0.25) is 4.79 Å². The van der Waals surface area contributed by atoms with E-state index < -0.39 is 0 Å². The van der Waals surface area contributed by atoms with Crippen molar-refractivity contribution in [2.45, 2.75) is 51.8 Å². The van der Waals surface area contributed by atoms with Crippen LogP contribution in [0.25, 0.3) is 0 Å². The highest BCUT2D eigenvalue weighted by atomic mass is 35.5. The molecule has 1 fully saturated rings. The van der Waals surface area contributed by atoms with Crippen LogP contribution < -0.4 is 20.1 Å². The molecule has 1 aliphatic rings. The molecule has 1 aromatic carbocycles. The Morgan fingerprint density at radius 2 is 2.08 bits per heavy atom. The van der Waals surface area contributed by atoms with Crippen LogP contribution in [0.5, 0.6) is 11.5 Å². The number of carbonyl (C=O) groups excluding carboxylic acids is 1. The summed E-state index contributed by atoms with van der Waals surface area (Å²) >= 11 is 0. The minimum Gasteiger partial charge on any atom is -0.493 e. The van der Waals surface area contributed by atoms with Crippen LogP contribution in [0, 0.1) is 0 Å². The van der Waals surface area contributed by atoms with Crippen molar-refractivity contribution >= 4 is 18.3 Å². The average molecular weight is 387 g/mol. The van der Waals surface area contributed by atoms with Gasteiger partial charge < -0.3 is 24.8 Å². The van der Waals surface area contributed by atoms with Crippen LogP contribution in [0.4, 0.5) is 0 Å². The summed E-state index contributed by atoms with van der Waals surface area (Å²) in [6.07, 6.45) is 2.60. The zero-order valence-electron chi connectivity index (χ0n) is 16.1. The van der Waals surface area contributed by atoms with E-state index in [9.17, 15) is 4.79 Å². The van der Waals surface area contributed by atoms with E-state index in [2.05, 4.69) is 10.6 Å². The van der Waals surface area contributed by atoms with Crippen molar-refractivity contribution in [3.8, 4) is 11.5 Å². The first-order chi connectivity index (χ1) is 11.9. The topological polar surface area (TPSA) is 68.8 Å². The molecule has 26 heavy (non-hydrogen) atoms. The third-order valence-corrected chi connectivity index (χ3v) is 3.83. The normalized spacial score (nSPS) is 16.7. The lowest BCUT2D eigenvalue weighted by atomic mass is 10.1. The Hall–Kier alpha value is -1.50. The van der Waals surface area contributed by atoms with E-state index in [4.69, 9.17) is 14.2 Å². The van der Waals surface area contributed by atoms with Gasteiger partial charge in [-0.2, -0.15) is 0 Å². The number of methoxy groups -OCH3 is 1. The molecule has 148 valence electrons. The summed E-state index contributed by atoms with van der Waals surface area (Å²) in [5.74, 6) is 1.03. The standard InChI is InChI=1S/C19H30N2O4.ClH/c1-19(2,3)21-18(22)13-25-16-8-7-14(10-17(16)23-4)11-20-12-15-6-5-9-24-15;/h7-8,10,15,20H,5-6,9,11-13H2,1-4H3,(H,21,22);1H. The molecule has 1 unspecified atom stereocenters. The molecule has 2 N–H and O–H groups in total. The second kappa shape index (κ2) is 10.6. The summed E-state index contributed by atoms with van der Waals surface area (Å²) in [5.41, 5.74) is 0.824. The molecule has 0 saturated carbocycles. The van der Waals surface area contributed by atoms with Crippen molar-refractivity contribution in [1.29, 1.82) is 0 Å². The molecular weight excluding hydrogens is 356 g/mol. The van der Waals surface area contributed by atoms with Crippen LogP contribution >= 0.6 is 12.4 Å². The molecule has 0 radical (unpaired) electrons. The lowest BCUT2D eigenvalue weighted by molar-refractivity contribution is -0.124. The number of nitrogens with one attached hydrogen (secondary N) is 2. The SMILES string of the molecule is COc1cc(CNCC2CCCO2)ccc1OCC(=O)NC(C)(C)C.Cl. The first-order valence-corrected chi connectivity index (χ1v) is 8.80. The van der Waals surface area contributed by atoms with Gasteiger partial charge in [0, 0.05) is 25.2 Å². The molecule has 7 heteroatoms. The Balaban J connectivity index is 0.00000338. The quantitative estimate of drug-likeness (QED) is 0.718. The van der Waals surface area contributed by atoms with Gasteiger partial charge in [-0.1, -0.05) is 6.07 Å². The van der Waals surface area contributed by atoms with Crippen molar-refractivity contribution in [3.63, 3.8) is 0 Å². The van der Waals surface area contributed by atoms with Crippen LogP contribution in [0.3, 0.4) is 0 Å². The van der Waals surface area contributed by atoms with Crippen molar-refractivity contribution in [3.05, 3.63) is 23.8 Å². The number of hydrogen-bond donors (Lipinski definition) is 2. The molecule has 1 saturated heterocycles. The maximum absolute atomic E-state index is 11.9. The van der Waals surface area contributed by atoms with Gasteiger partial charge in [-0.25, -0.2) is 0 Å². The highest BCUT2D eigenvalue weighted by Crippen LogP contribution is 2.28. The number of benzene rings is 1. The van der Waals surface area contributed by atoms with Gasteiger partial charge in [0.05, 0.1) is 13.2 Å². The Bertz CT molecular complexity index is 569. The van der Waals surface area contributed by atoms with E-state index in [0.29, 0.717) is 17.6 Å². The minimum atomic E-state index is -0.275. The van der Waals surface area contributed by atoms with Gasteiger partial charge in [-0.15, -0.1) is 12.4 Å². The molecule has 0 bridgehead atoms. The number of carbonyl (C=O) groups is 1. The number of hydrogen-bond acceptors (Lipinski definition) is 5. The van der Waals surface area contributed by atoms with E-state index in [-0.39, 0.29) is 30.5 Å². The summed E-state index contributed by atoms with van der Waals surface area (Å²) < 4.78 is 16.6. The predicted octanol–water partition coefficient (Wildman–Crippen LogP) is 2.68. The summed E-state index contributed by atoms with van der Waals surface area (Å²) in [6.45, 7) is 8.23. The van der Waals surface area contributed by atoms with E-state index in [1.54, 1.807) is 7.11 Å². The van der Waals surface area contributed by atoms with Gasteiger partial charge in [0.25, 0.3) is 5.91 Å². The van der Waals surface area contributed by atoms with E-state index >= 15 is 0 Å². The molecule has 1 atom stereocenters.